The zero-order chi connectivity index (χ0) is 23.2. The lowest BCUT2D eigenvalue weighted by molar-refractivity contribution is 0.0560. The second kappa shape index (κ2) is 7.63. The van der Waals surface area contributed by atoms with Crippen LogP contribution in [0.15, 0.2) is 27.6 Å². The van der Waals surface area contributed by atoms with Gasteiger partial charge in [-0.3, -0.25) is 10.3 Å². The van der Waals surface area contributed by atoms with E-state index in [2.05, 4.69) is 15.6 Å². The van der Waals surface area contributed by atoms with Gasteiger partial charge in [-0.05, 0) is 72.6 Å². The van der Waals surface area contributed by atoms with Crippen LogP contribution in [0, 0.1) is 18.2 Å². The largest absolute Gasteiger partial charge is 0.444 e. The Morgan fingerprint density at radius 1 is 1.35 bits per heavy atom. The van der Waals surface area contributed by atoms with E-state index in [4.69, 9.17) is 16.2 Å². The van der Waals surface area contributed by atoms with Gasteiger partial charge in [0.2, 0.25) is 0 Å². The molecule has 1 aromatic carbocycles. The van der Waals surface area contributed by atoms with Crippen molar-refractivity contribution >= 4 is 21.7 Å². The van der Waals surface area contributed by atoms with E-state index in [1.54, 1.807) is 47.6 Å². The van der Waals surface area contributed by atoms with Gasteiger partial charge in [-0.2, -0.15) is 0 Å². The minimum Gasteiger partial charge on any atom is -0.444 e. The number of carbonyl (C=O) groups is 1. The molecule has 1 amide bonds. The number of hydrogen-bond donors (Lipinski definition) is 1. The lowest BCUT2D eigenvalue weighted by atomic mass is 9.92. The number of halogens is 1. The minimum atomic E-state index is -2.93. The van der Waals surface area contributed by atoms with Gasteiger partial charge in [-0.1, -0.05) is 5.92 Å². The summed E-state index contributed by atoms with van der Waals surface area (Å²) < 4.78 is 38.1. The maximum atomic E-state index is 14.9. The van der Waals surface area contributed by atoms with Gasteiger partial charge in [0.1, 0.15) is 27.5 Å². The molecular weight excluding hydrogens is 417 g/mol. The monoisotopic (exact) mass is 447 g/mol. The lowest BCUT2D eigenvalue weighted by Gasteiger charge is -2.42. The first-order valence-corrected chi connectivity index (χ1v) is 12.0. The summed E-state index contributed by atoms with van der Waals surface area (Å²) in [5, 5.41) is 2.67. The van der Waals surface area contributed by atoms with E-state index >= 15 is 0 Å². The molecule has 0 saturated heterocycles. The molecule has 0 unspecified atom stereocenters. The van der Waals surface area contributed by atoms with Gasteiger partial charge in [0.05, 0.1) is 21.5 Å². The minimum absolute atomic E-state index is 0.0128. The number of amides is 1. The molecule has 31 heavy (non-hydrogen) atoms. The Kier molecular flexibility index (Phi) is 5.72. The molecule has 2 aliphatic rings. The highest BCUT2D eigenvalue weighted by atomic mass is 32.2. The first-order chi connectivity index (χ1) is 14.2. The molecule has 2 atom stereocenters. The van der Waals surface area contributed by atoms with E-state index in [1.807, 2.05) is 0 Å². The third kappa shape index (κ3) is 4.77. The van der Waals surface area contributed by atoms with Gasteiger partial charge < -0.3 is 4.74 Å². The summed E-state index contributed by atoms with van der Waals surface area (Å²) in [4.78, 5) is 17.3. The number of nitrogens with one attached hydrogen (secondary N) is 1. The molecular formula is C23H30FN3O3S. The van der Waals surface area contributed by atoms with Crippen LogP contribution in [0.4, 0.5) is 9.18 Å². The second-order valence-corrected chi connectivity index (χ2v) is 12.6. The second-order valence-electron chi connectivity index (χ2n) is 9.83. The summed E-state index contributed by atoms with van der Waals surface area (Å²) in [7, 11) is -2.93. The average Bonchev–Trinajstić information content (AvgIpc) is 3.42. The first-order valence-electron chi connectivity index (χ1n) is 10.3. The van der Waals surface area contributed by atoms with Crippen LogP contribution in [0.3, 0.4) is 0 Å². The van der Waals surface area contributed by atoms with Crippen molar-refractivity contribution in [1.82, 2.24) is 5.32 Å². The van der Waals surface area contributed by atoms with Crippen LogP contribution < -0.4 is 5.32 Å². The normalized spacial score (nSPS) is 27.6. The van der Waals surface area contributed by atoms with E-state index in [0.29, 0.717) is 5.56 Å². The Balaban J connectivity index is 2.17. The third-order valence-electron chi connectivity index (χ3n) is 5.40. The highest BCUT2D eigenvalue weighted by Crippen LogP contribution is 2.41. The van der Waals surface area contributed by atoms with E-state index in [1.165, 1.54) is 12.1 Å². The fourth-order valence-electron chi connectivity index (χ4n) is 3.46. The molecule has 1 saturated carbocycles. The summed E-state index contributed by atoms with van der Waals surface area (Å²) in [5.41, 5.74) is -1.24. The highest BCUT2D eigenvalue weighted by molar-refractivity contribution is 7.95. The van der Waals surface area contributed by atoms with Crippen LogP contribution in [-0.2, 0) is 20.0 Å². The number of nitrogens with zero attached hydrogens (tertiary/aromatic N) is 2. The van der Waals surface area contributed by atoms with Crippen molar-refractivity contribution in [2.75, 3.05) is 5.75 Å². The van der Waals surface area contributed by atoms with Gasteiger partial charge in [0.25, 0.3) is 0 Å². The summed E-state index contributed by atoms with van der Waals surface area (Å²) >= 11 is 0. The summed E-state index contributed by atoms with van der Waals surface area (Å²) in [6, 6.07) is 4.34. The number of aliphatic imine (C=N–C) groups is 1. The molecule has 6 nitrogen and oxygen atoms in total. The molecule has 1 aromatic rings. The number of benzene rings is 1. The molecule has 1 heterocycles. The maximum absolute atomic E-state index is 14.9. The molecule has 8 heteroatoms. The number of rotatable bonds is 2. The van der Waals surface area contributed by atoms with Crippen LogP contribution >= 0.6 is 0 Å². The average molecular weight is 448 g/mol. The predicted molar refractivity (Wildman–Crippen MR) is 121 cm³/mol. The number of terminal acetylenes is 1. The number of ether oxygens (including phenoxy) is 1. The SMILES string of the molecule is C#Cc1ccc(F)c([C@]2(C)C[S@](=O)(=NC3CC3)C(C)(C)C(NC(=O)OC(C)(C)C)=N2)c1. The molecule has 1 aliphatic carbocycles. The van der Waals surface area contributed by atoms with E-state index < -0.39 is 37.5 Å². The molecule has 168 valence electrons. The zero-order valence-corrected chi connectivity index (χ0v) is 19.7. The van der Waals surface area contributed by atoms with Crippen LogP contribution in [0.25, 0.3) is 0 Å². The number of amidine groups is 1. The summed E-state index contributed by atoms with van der Waals surface area (Å²) in [6.07, 6.45) is 6.54. The topological polar surface area (TPSA) is 80.1 Å². The van der Waals surface area contributed by atoms with Crippen LogP contribution in [-0.4, -0.2) is 38.3 Å². The zero-order valence-electron chi connectivity index (χ0n) is 18.9. The van der Waals surface area contributed by atoms with Crippen molar-refractivity contribution < 1.29 is 18.1 Å². The summed E-state index contributed by atoms with van der Waals surface area (Å²) in [6.45, 7) is 10.4. The van der Waals surface area contributed by atoms with Crippen LogP contribution in [0.5, 0.6) is 0 Å². The van der Waals surface area contributed by atoms with Gasteiger partial charge in [-0.25, -0.2) is 17.8 Å². The van der Waals surface area contributed by atoms with Gasteiger partial charge in [-0.15, -0.1) is 6.42 Å². The van der Waals surface area contributed by atoms with Crippen molar-refractivity contribution in [3.05, 3.63) is 35.1 Å². The number of carbonyl (C=O) groups excluding carboxylic acids is 1. The number of hydrogen-bond acceptors (Lipinski definition) is 5. The Bertz CT molecular complexity index is 1100. The molecule has 1 N–H and O–H groups in total. The third-order valence-corrected chi connectivity index (χ3v) is 8.78. The van der Waals surface area contributed by atoms with Crippen molar-refractivity contribution in [2.24, 2.45) is 9.36 Å². The smallest absolute Gasteiger partial charge is 0.413 e. The van der Waals surface area contributed by atoms with Crippen molar-refractivity contribution in [2.45, 2.75) is 76.3 Å². The number of alkyl carbamates (subject to hydrolysis) is 1. The molecule has 1 fully saturated rings. The molecule has 0 aromatic heterocycles. The Hall–Kier alpha value is -2.40. The van der Waals surface area contributed by atoms with E-state index in [-0.39, 0.29) is 23.2 Å². The quantitative estimate of drug-likeness (QED) is 0.684. The first kappa shape index (κ1) is 23.3. The molecule has 0 radical (unpaired) electrons. The predicted octanol–water partition coefficient (Wildman–Crippen LogP) is 4.37. The standard InChI is InChI=1S/C23H30FN3O3S/c1-8-15-9-12-18(24)17(13-15)23(7)14-31(29,27-16-10-11-16)22(5,6)19(26-23)25-20(28)30-21(2,3)4/h1,9,12-13,16H,10-11,14H2,2-7H3,(H,25,26,28)/t23-,31+/m0/s1. The lowest BCUT2D eigenvalue weighted by Crippen LogP contribution is -2.58. The van der Waals surface area contributed by atoms with Gasteiger partial charge in [0.15, 0.2) is 0 Å². The van der Waals surface area contributed by atoms with Crippen LogP contribution in [0.2, 0.25) is 0 Å². The fourth-order valence-corrected chi connectivity index (χ4v) is 6.23. The van der Waals surface area contributed by atoms with Crippen LogP contribution in [0.1, 0.15) is 65.5 Å². The summed E-state index contributed by atoms with van der Waals surface area (Å²) in [5.74, 6) is 2.18. The van der Waals surface area contributed by atoms with Crippen molar-refractivity contribution in [1.29, 1.82) is 0 Å². The molecule has 0 bridgehead atoms. The van der Waals surface area contributed by atoms with Crippen molar-refractivity contribution in [3.8, 4) is 12.3 Å². The van der Waals surface area contributed by atoms with Gasteiger partial charge >= 0.3 is 6.09 Å². The maximum Gasteiger partial charge on any atom is 0.413 e. The Morgan fingerprint density at radius 2 is 2.00 bits per heavy atom. The van der Waals surface area contributed by atoms with E-state index in [0.717, 1.165) is 12.8 Å². The van der Waals surface area contributed by atoms with E-state index in [9.17, 15) is 13.4 Å². The Labute approximate surface area is 184 Å². The molecule has 3 rings (SSSR count). The molecule has 1 aliphatic heterocycles. The van der Waals surface area contributed by atoms with Gasteiger partial charge in [0, 0.05) is 11.1 Å². The Morgan fingerprint density at radius 3 is 2.55 bits per heavy atom. The fraction of sp³-hybridized carbons (Fsp3) is 0.565. The molecule has 0 spiro atoms. The van der Waals surface area contributed by atoms with Crippen molar-refractivity contribution in [3.63, 3.8) is 0 Å². The highest BCUT2D eigenvalue weighted by Gasteiger charge is 2.50.